The smallest absolute Gasteiger partial charge is 0.416 e. The molecule has 29 heavy (non-hydrogen) atoms. The van der Waals surface area contributed by atoms with E-state index in [1.165, 1.54) is 12.1 Å². The molecule has 3 rings (SSSR count). The van der Waals surface area contributed by atoms with Crippen LogP contribution in [0.4, 0.5) is 13.2 Å². The first-order valence-electron chi connectivity index (χ1n) is 9.46. The Hall–Kier alpha value is -1.27. The molecular formula is C19H27F3IN3O3. The first-order valence-corrected chi connectivity index (χ1v) is 9.46. The van der Waals surface area contributed by atoms with Crippen molar-refractivity contribution in [3.8, 4) is 5.75 Å². The Balaban J connectivity index is 0.00000300. The van der Waals surface area contributed by atoms with Gasteiger partial charge in [-0.25, -0.2) is 0 Å². The standard InChI is InChI=1S/C19H26F3N3O3.HI/c1-23-18(25-8-11-28-17(13-25)16-6-3-9-27-16)24-7-10-26-15-5-2-4-14(12-15)19(20,21)22;/h2,4-5,12,16-17H,3,6-11,13H2,1H3,(H,23,24);1H. The van der Waals surface area contributed by atoms with Gasteiger partial charge in [-0.05, 0) is 31.0 Å². The summed E-state index contributed by atoms with van der Waals surface area (Å²) in [6.07, 6.45) is -2.16. The minimum atomic E-state index is -4.38. The van der Waals surface area contributed by atoms with Gasteiger partial charge in [0.1, 0.15) is 18.5 Å². The van der Waals surface area contributed by atoms with Crippen molar-refractivity contribution in [1.29, 1.82) is 0 Å². The average molecular weight is 529 g/mol. The molecule has 10 heteroatoms. The zero-order valence-electron chi connectivity index (χ0n) is 16.3. The van der Waals surface area contributed by atoms with Crippen molar-refractivity contribution in [2.75, 3.05) is 46.5 Å². The maximum absolute atomic E-state index is 12.7. The summed E-state index contributed by atoms with van der Waals surface area (Å²) in [5.74, 6) is 0.912. The number of ether oxygens (including phenoxy) is 3. The molecule has 1 aromatic rings. The van der Waals surface area contributed by atoms with Gasteiger partial charge in [0.15, 0.2) is 5.96 Å². The lowest BCUT2D eigenvalue weighted by Crippen LogP contribution is -2.53. The second-order valence-electron chi connectivity index (χ2n) is 6.75. The van der Waals surface area contributed by atoms with Crippen molar-refractivity contribution in [2.24, 2.45) is 4.99 Å². The summed E-state index contributed by atoms with van der Waals surface area (Å²) >= 11 is 0. The first kappa shape index (κ1) is 24.0. The zero-order chi connectivity index (χ0) is 20.0. The SMILES string of the molecule is CN=C(NCCOc1cccc(C(F)(F)F)c1)N1CCOC(C2CCCO2)C1.I. The van der Waals surface area contributed by atoms with Crippen LogP contribution in [0.3, 0.4) is 0 Å². The molecule has 2 aliphatic heterocycles. The normalized spacial score (nSPS) is 22.9. The third kappa shape index (κ3) is 6.88. The highest BCUT2D eigenvalue weighted by atomic mass is 127. The number of nitrogens with zero attached hydrogens (tertiary/aromatic N) is 2. The van der Waals surface area contributed by atoms with Crippen LogP contribution in [0.25, 0.3) is 0 Å². The molecule has 2 fully saturated rings. The third-order valence-electron chi connectivity index (χ3n) is 4.80. The second-order valence-corrected chi connectivity index (χ2v) is 6.75. The fraction of sp³-hybridized carbons (Fsp3) is 0.632. The lowest BCUT2D eigenvalue weighted by Gasteiger charge is -2.37. The van der Waals surface area contributed by atoms with E-state index >= 15 is 0 Å². The molecule has 0 spiro atoms. The Bertz CT molecular complexity index is 670. The number of alkyl halides is 3. The quantitative estimate of drug-likeness (QED) is 0.275. The summed E-state index contributed by atoms with van der Waals surface area (Å²) in [5.41, 5.74) is -0.720. The molecule has 2 aliphatic rings. The van der Waals surface area contributed by atoms with Crippen LogP contribution in [0.5, 0.6) is 5.75 Å². The van der Waals surface area contributed by atoms with Gasteiger partial charge in [0.25, 0.3) is 0 Å². The third-order valence-corrected chi connectivity index (χ3v) is 4.80. The number of halogens is 4. The molecule has 164 valence electrons. The van der Waals surface area contributed by atoms with Crippen molar-refractivity contribution in [2.45, 2.75) is 31.2 Å². The largest absolute Gasteiger partial charge is 0.492 e. The molecule has 1 N–H and O–H groups in total. The van der Waals surface area contributed by atoms with Crippen LogP contribution in [0.15, 0.2) is 29.3 Å². The molecule has 2 heterocycles. The molecular weight excluding hydrogens is 502 g/mol. The van der Waals surface area contributed by atoms with Crippen molar-refractivity contribution in [3.63, 3.8) is 0 Å². The highest BCUT2D eigenvalue weighted by molar-refractivity contribution is 14.0. The fourth-order valence-corrected chi connectivity index (χ4v) is 3.41. The fourth-order valence-electron chi connectivity index (χ4n) is 3.41. The molecule has 0 radical (unpaired) electrons. The summed E-state index contributed by atoms with van der Waals surface area (Å²) in [7, 11) is 1.70. The van der Waals surface area contributed by atoms with E-state index in [4.69, 9.17) is 14.2 Å². The Kier molecular flexibility index (Phi) is 9.28. The number of guanidine groups is 1. The molecule has 2 saturated heterocycles. The van der Waals surface area contributed by atoms with Crippen LogP contribution in [-0.4, -0.2) is 69.6 Å². The van der Waals surface area contributed by atoms with E-state index in [-0.39, 0.29) is 48.5 Å². The lowest BCUT2D eigenvalue weighted by molar-refractivity contribution is -0.137. The topological polar surface area (TPSA) is 55.3 Å². The summed E-state index contributed by atoms with van der Waals surface area (Å²) in [6, 6.07) is 4.88. The van der Waals surface area contributed by atoms with Crippen LogP contribution in [0.1, 0.15) is 18.4 Å². The van der Waals surface area contributed by atoms with E-state index in [0.29, 0.717) is 19.7 Å². The summed E-state index contributed by atoms with van der Waals surface area (Å²) < 4.78 is 55.3. The lowest BCUT2D eigenvalue weighted by atomic mass is 10.1. The van der Waals surface area contributed by atoms with Gasteiger partial charge < -0.3 is 24.4 Å². The number of hydrogen-bond acceptors (Lipinski definition) is 4. The van der Waals surface area contributed by atoms with E-state index < -0.39 is 11.7 Å². The molecule has 0 amide bonds. The van der Waals surface area contributed by atoms with Gasteiger partial charge >= 0.3 is 6.18 Å². The van der Waals surface area contributed by atoms with Gasteiger partial charge in [-0.15, -0.1) is 24.0 Å². The summed E-state index contributed by atoms with van der Waals surface area (Å²) in [5, 5.41) is 3.20. The molecule has 0 aliphatic carbocycles. The van der Waals surface area contributed by atoms with Crippen LogP contribution >= 0.6 is 24.0 Å². The molecule has 0 saturated carbocycles. The van der Waals surface area contributed by atoms with Gasteiger partial charge in [-0.3, -0.25) is 4.99 Å². The van der Waals surface area contributed by atoms with E-state index in [1.54, 1.807) is 7.05 Å². The zero-order valence-corrected chi connectivity index (χ0v) is 18.6. The predicted octanol–water partition coefficient (Wildman–Crippen LogP) is 3.16. The van der Waals surface area contributed by atoms with Gasteiger partial charge in [-0.1, -0.05) is 6.07 Å². The van der Waals surface area contributed by atoms with Crippen LogP contribution < -0.4 is 10.1 Å². The number of nitrogens with one attached hydrogen (secondary N) is 1. The van der Waals surface area contributed by atoms with Crippen LogP contribution in [0, 0.1) is 0 Å². The van der Waals surface area contributed by atoms with E-state index in [9.17, 15) is 13.2 Å². The maximum atomic E-state index is 12.7. The van der Waals surface area contributed by atoms with Crippen molar-refractivity contribution in [3.05, 3.63) is 29.8 Å². The molecule has 6 nitrogen and oxygen atoms in total. The number of rotatable bonds is 5. The highest BCUT2D eigenvalue weighted by Gasteiger charge is 2.32. The molecule has 2 atom stereocenters. The Labute approximate surface area is 185 Å². The molecule has 0 bridgehead atoms. The summed E-state index contributed by atoms with van der Waals surface area (Å²) in [4.78, 5) is 6.41. The number of benzene rings is 1. The Morgan fingerprint density at radius 1 is 1.28 bits per heavy atom. The highest BCUT2D eigenvalue weighted by Crippen LogP contribution is 2.31. The minimum Gasteiger partial charge on any atom is -0.492 e. The van der Waals surface area contributed by atoms with Gasteiger partial charge in [0.05, 0.1) is 24.8 Å². The maximum Gasteiger partial charge on any atom is 0.416 e. The number of hydrogen-bond donors (Lipinski definition) is 1. The minimum absolute atomic E-state index is 0. The van der Waals surface area contributed by atoms with E-state index in [1.807, 2.05) is 0 Å². The van der Waals surface area contributed by atoms with Crippen molar-refractivity contribution < 1.29 is 27.4 Å². The molecule has 1 aromatic carbocycles. The number of morpholine rings is 1. The van der Waals surface area contributed by atoms with Gasteiger partial charge in [0, 0.05) is 26.7 Å². The Morgan fingerprint density at radius 2 is 2.07 bits per heavy atom. The monoisotopic (exact) mass is 529 g/mol. The molecule has 0 aromatic heterocycles. The van der Waals surface area contributed by atoms with Gasteiger partial charge in [-0.2, -0.15) is 13.2 Å². The van der Waals surface area contributed by atoms with Crippen LogP contribution in [0.2, 0.25) is 0 Å². The Morgan fingerprint density at radius 3 is 2.76 bits per heavy atom. The predicted molar refractivity (Wildman–Crippen MR) is 114 cm³/mol. The molecule has 2 unspecified atom stereocenters. The van der Waals surface area contributed by atoms with Crippen LogP contribution in [-0.2, 0) is 15.7 Å². The number of aliphatic imine (C=N–C) groups is 1. The van der Waals surface area contributed by atoms with E-state index in [0.717, 1.165) is 44.1 Å². The first-order chi connectivity index (χ1) is 13.5. The average Bonchev–Trinajstić information content (AvgIpc) is 3.23. The van der Waals surface area contributed by atoms with Crippen molar-refractivity contribution >= 4 is 29.9 Å². The summed E-state index contributed by atoms with van der Waals surface area (Å²) in [6.45, 7) is 3.44. The second kappa shape index (κ2) is 11.2. The van der Waals surface area contributed by atoms with Gasteiger partial charge in [0.2, 0.25) is 0 Å². The van der Waals surface area contributed by atoms with E-state index in [2.05, 4.69) is 15.2 Å². The van der Waals surface area contributed by atoms with Crippen molar-refractivity contribution in [1.82, 2.24) is 10.2 Å².